The summed E-state index contributed by atoms with van der Waals surface area (Å²) in [6.45, 7) is 8.23. The third-order valence-electron chi connectivity index (χ3n) is 5.05. The largest absolute Gasteiger partial charge is 0.300 e. The van der Waals surface area contributed by atoms with Crippen LogP contribution in [0.3, 0.4) is 0 Å². The molecule has 0 aromatic carbocycles. The maximum absolute atomic E-state index is 11.6. The van der Waals surface area contributed by atoms with Gasteiger partial charge in [-0.05, 0) is 65.7 Å². The molecule has 1 saturated carbocycles. The summed E-state index contributed by atoms with van der Waals surface area (Å²) in [5, 5.41) is 12.9. The molecule has 6 nitrogen and oxygen atoms in total. The van der Waals surface area contributed by atoms with Gasteiger partial charge in [-0.3, -0.25) is 15.0 Å². The number of hydrogen-bond acceptors (Lipinski definition) is 5. The van der Waals surface area contributed by atoms with Crippen LogP contribution in [0.1, 0.15) is 59.8 Å². The molecule has 2 aliphatic rings. The molecule has 0 unspecified atom stereocenters. The van der Waals surface area contributed by atoms with Gasteiger partial charge in [-0.15, -0.1) is 0 Å². The molecule has 0 bridgehead atoms. The van der Waals surface area contributed by atoms with E-state index in [0.717, 1.165) is 38.4 Å². The van der Waals surface area contributed by atoms with E-state index in [9.17, 15) is 14.9 Å². The van der Waals surface area contributed by atoms with E-state index in [1.54, 1.807) is 0 Å². The van der Waals surface area contributed by atoms with Gasteiger partial charge >= 0.3 is 0 Å². The second kappa shape index (κ2) is 6.24. The van der Waals surface area contributed by atoms with Crippen LogP contribution in [-0.2, 0) is 9.63 Å². The van der Waals surface area contributed by atoms with Crippen LogP contribution in [0.5, 0.6) is 0 Å². The van der Waals surface area contributed by atoms with Crippen molar-refractivity contribution in [1.82, 2.24) is 5.06 Å². The topological polar surface area (TPSA) is 72.7 Å². The molecule has 1 aliphatic heterocycles. The predicted molar refractivity (Wildman–Crippen MR) is 82.9 cm³/mol. The highest BCUT2D eigenvalue weighted by atomic mass is 16.7. The Hall–Kier alpha value is -1.01. The molecule has 6 heteroatoms. The molecular formula is C16H28N2O4. The molecule has 0 N–H and O–H groups in total. The van der Waals surface area contributed by atoms with Crippen LogP contribution in [0, 0.1) is 22.0 Å². The lowest BCUT2D eigenvalue weighted by molar-refractivity contribution is -0.493. The normalized spacial score (nSPS) is 27.1. The molecule has 0 radical (unpaired) electrons. The zero-order chi connectivity index (χ0) is 16.5. The first-order chi connectivity index (χ1) is 10.2. The summed E-state index contributed by atoms with van der Waals surface area (Å²) in [5.74, 6) is -0.0716. The molecule has 22 heavy (non-hydrogen) atoms. The standard InChI is InChI=1S/C16H28N2O4/c1-15(2)8-5-9-16(3,4)18(15)22-14(11-19)13(10-17(20)21)12-6-7-12/h11-14H,5-10H2,1-4H3/t13-,14-/m1/s1. The zero-order valence-electron chi connectivity index (χ0n) is 14.1. The van der Waals surface area contributed by atoms with Gasteiger partial charge < -0.3 is 4.79 Å². The Kier molecular flexibility index (Phi) is 4.92. The van der Waals surface area contributed by atoms with Crippen molar-refractivity contribution >= 4 is 6.29 Å². The van der Waals surface area contributed by atoms with Crippen molar-refractivity contribution in [1.29, 1.82) is 0 Å². The van der Waals surface area contributed by atoms with E-state index in [0.29, 0.717) is 0 Å². The van der Waals surface area contributed by atoms with E-state index in [1.165, 1.54) is 0 Å². The Morgan fingerprint density at radius 1 is 1.27 bits per heavy atom. The molecule has 2 atom stereocenters. The maximum atomic E-state index is 11.6. The number of carbonyl (C=O) groups is 1. The molecule has 0 spiro atoms. The Bertz CT molecular complexity index is 416. The first-order valence-corrected chi connectivity index (χ1v) is 8.21. The van der Waals surface area contributed by atoms with Crippen LogP contribution in [0.4, 0.5) is 0 Å². The fourth-order valence-electron chi connectivity index (χ4n) is 3.80. The second-order valence-electron chi connectivity index (χ2n) is 8.00. The highest BCUT2D eigenvalue weighted by molar-refractivity contribution is 5.56. The molecule has 2 rings (SSSR count). The zero-order valence-corrected chi connectivity index (χ0v) is 14.1. The molecule has 1 saturated heterocycles. The van der Waals surface area contributed by atoms with Crippen LogP contribution in [0.15, 0.2) is 0 Å². The Balaban J connectivity index is 2.16. The highest BCUT2D eigenvalue weighted by Crippen LogP contribution is 2.42. The van der Waals surface area contributed by atoms with Gasteiger partial charge in [0.2, 0.25) is 6.54 Å². The number of nitro groups is 1. The first kappa shape index (κ1) is 17.3. The summed E-state index contributed by atoms with van der Waals surface area (Å²) in [5.41, 5.74) is -0.350. The highest BCUT2D eigenvalue weighted by Gasteiger charge is 2.47. The van der Waals surface area contributed by atoms with Crippen LogP contribution >= 0.6 is 0 Å². The Labute approximate surface area is 132 Å². The van der Waals surface area contributed by atoms with Crippen molar-refractivity contribution in [3.63, 3.8) is 0 Å². The van der Waals surface area contributed by atoms with Gasteiger partial charge in [-0.25, -0.2) is 0 Å². The monoisotopic (exact) mass is 312 g/mol. The average Bonchev–Trinajstić information content (AvgIpc) is 3.19. The van der Waals surface area contributed by atoms with Crippen molar-refractivity contribution < 1.29 is 14.6 Å². The maximum Gasteiger partial charge on any atom is 0.209 e. The Morgan fingerprint density at radius 2 is 1.82 bits per heavy atom. The van der Waals surface area contributed by atoms with Crippen LogP contribution in [0.2, 0.25) is 0 Å². The lowest BCUT2D eigenvalue weighted by Gasteiger charge is -2.52. The minimum absolute atomic E-state index is 0.175. The number of carbonyl (C=O) groups excluding carboxylic acids is 1. The van der Waals surface area contributed by atoms with Crippen molar-refractivity contribution in [2.24, 2.45) is 11.8 Å². The first-order valence-electron chi connectivity index (χ1n) is 8.21. The lowest BCUT2D eigenvalue weighted by atomic mass is 9.82. The van der Waals surface area contributed by atoms with Crippen molar-refractivity contribution in [3.8, 4) is 0 Å². The number of nitrogens with zero attached hydrogens (tertiary/aromatic N) is 2. The molecule has 0 amide bonds. The fraction of sp³-hybridized carbons (Fsp3) is 0.938. The van der Waals surface area contributed by atoms with Crippen LogP contribution in [0.25, 0.3) is 0 Å². The van der Waals surface area contributed by atoms with Gasteiger partial charge in [0.25, 0.3) is 0 Å². The van der Waals surface area contributed by atoms with Gasteiger partial charge in [-0.1, -0.05) is 0 Å². The number of hydrogen-bond donors (Lipinski definition) is 0. The summed E-state index contributed by atoms with van der Waals surface area (Å²) < 4.78 is 0. The fourth-order valence-corrected chi connectivity index (χ4v) is 3.80. The molecule has 1 heterocycles. The Morgan fingerprint density at radius 3 is 2.23 bits per heavy atom. The molecule has 126 valence electrons. The summed E-state index contributed by atoms with van der Waals surface area (Å²) in [6, 6.07) is 0. The third kappa shape index (κ3) is 3.84. The quantitative estimate of drug-likeness (QED) is 0.410. The van der Waals surface area contributed by atoms with Crippen LogP contribution in [-0.4, -0.2) is 40.0 Å². The van der Waals surface area contributed by atoms with E-state index in [1.807, 2.05) is 5.06 Å². The van der Waals surface area contributed by atoms with Gasteiger partial charge in [0.1, 0.15) is 6.10 Å². The van der Waals surface area contributed by atoms with Crippen molar-refractivity contribution in [3.05, 3.63) is 10.1 Å². The van der Waals surface area contributed by atoms with Crippen LogP contribution < -0.4 is 0 Å². The van der Waals surface area contributed by atoms with Gasteiger partial charge in [0, 0.05) is 16.0 Å². The minimum atomic E-state index is -0.727. The smallest absolute Gasteiger partial charge is 0.209 e. The van der Waals surface area contributed by atoms with E-state index < -0.39 is 6.10 Å². The molecule has 0 aromatic rings. The predicted octanol–water partition coefficient (Wildman–Crippen LogP) is 2.83. The summed E-state index contributed by atoms with van der Waals surface area (Å²) >= 11 is 0. The van der Waals surface area contributed by atoms with E-state index >= 15 is 0 Å². The van der Waals surface area contributed by atoms with E-state index in [4.69, 9.17) is 4.84 Å². The van der Waals surface area contributed by atoms with Crippen molar-refractivity contribution in [2.45, 2.75) is 77.0 Å². The third-order valence-corrected chi connectivity index (χ3v) is 5.05. The number of aldehydes is 1. The number of hydroxylamine groups is 2. The minimum Gasteiger partial charge on any atom is -0.300 e. The summed E-state index contributed by atoms with van der Waals surface area (Å²) in [7, 11) is 0. The average molecular weight is 312 g/mol. The SMILES string of the molecule is CC1(C)CCCC(C)(C)N1O[C@H](C=O)[C@H](C[N+](=O)[O-])C1CC1. The number of rotatable bonds is 7. The molecule has 0 aromatic heterocycles. The summed E-state index contributed by atoms with van der Waals surface area (Å²) in [6.07, 6.45) is 5.05. The van der Waals surface area contributed by atoms with Gasteiger partial charge in [0.05, 0.1) is 5.92 Å². The van der Waals surface area contributed by atoms with E-state index in [-0.39, 0.29) is 34.4 Å². The van der Waals surface area contributed by atoms with Crippen molar-refractivity contribution in [2.75, 3.05) is 6.54 Å². The number of piperidine rings is 1. The lowest BCUT2D eigenvalue weighted by Crippen LogP contribution is -2.60. The second-order valence-corrected chi connectivity index (χ2v) is 8.00. The van der Waals surface area contributed by atoms with E-state index in [2.05, 4.69) is 27.7 Å². The molecular weight excluding hydrogens is 284 g/mol. The van der Waals surface area contributed by atoms with Gasteiger partial charge in [-0.2, -0.15) is 5.06 Å². The molecule has 2 fully saturated rings. The molecule has 1 aliphatic carbocycles. The van der Waals surface area contributed by atoms with Gasteiger partial charge in [0.15, 0.2) is 6.29 Å². The summed E-state index contributed by atoms with van der Waals surface area (Å²) in [4.78, 5) is 28.3.